The van der Waals surface area contributed by atoms with E-state index in [1.54, 1.807) is 25.1 Å². The Hall–Kier alpha value is -4.32. The second-order valence-corrected chi connectivity index (χ2v) is 7.67. The molecule has 2 rings (SSSR count). The first-order valence-corrected chi connectivity index (χ1v) is 10.7. The number of nitrogens with zero attached hydrogens (tertiary/aromatic N) is 1. The number of nitrogen functional groups attached to an aromatic ring is 1. The molecular weight excluding hydrogens is 434 g/mol. The molecule has 0 fully saturated rings. The van der Waals surface area contributed by atoms with Crippen molar-refractivity contribution in [2.75, 3.05) is 29.9 Å². The molecule has 178 valence electrons. The molecule has 0 saturated carbocycles. The van der Waals surface area contributed by atoms with Gasteiger partial charge in [-0.3, -0.25) is 25.1 Å². The number of amides is 2. The molecule has 6 N–H and O–H groups in total. The van der Waals surface area contributed by atoms with Crippen LogP contribution in [0.5, 0.6) is 0 Å². The van der Waals surface area contributed by atoms with Crippen LogP contribution in [-0.4, -0.2) is 48.4 Å². The van der Waals surface area contributed by atoms with Gasteiger partial charge in [0.05, 0.1) is 13.1 Å². The first kappa shape index (κ1) is 25.9. The molecule has 0 unspecified atom stereocenters. The lowest BCUT2D eigenvalue weighted by Gasteiger charge is -2.25. The first-order chi connectivity index (χ1) is 16.1. The van der Waals surface area contributed by atoms with Crippen LogP contribution in [0.1, 0.15) is 35.6 Å². The molecule has 2 aromatic rings. The summed E-state index contributed by atoms with van der Waals surface area (Å²) in [6.45, 7) is 5.07. The van der Waals surface area contributed by atoms with Crippen LogP contribution in [0, 0.1) is 31.1 Å². The molecule has 2 amide bonds. The van der Waals surface area contributed by atoms with E-state index in [0.29, 0.717) is 17.8 Å². The van der Waals surface area contributed by atoms with Crippen molar-refractivity contribution in [2.24, 2.45) is 5.73 Å². The smallest absolute Gasteiger partial charge is 0.323 e. The number of hydrogen-bond donors (Lipinski definition) is 5. The molecule has 9 nitrogen and oxygen atoms in total. The Bertz CT molecular complexity index is 1150. The van der Waals surface area contributed by atoms with Crippen molar-refractivity contribution in [1.29, 1.82) is 5.41 Å². The van der Waals surface area contributed by atoms with Gasteiger partial charge in [-0.15, -0.1) is 0 Å². The number of carbonyl (C=O) groups is 3. The average molecular weight is 464 g/mol. The predicted molar refractivity (Wildman–Crippen MR) is 132 cm³/mol. The molecule has 9 heteroatoms. The Labute approximate surface area is 198 Å². The highest BCUT2D eigenvalue weighted by atomic mass is 16.4. The number of rotatable bonds is 9. The molecule has 0 atom stereocenters. The summed E-state index contributed by atoms with van der Waals surface area (Å²) in [5.41, 5.74) is 9.93. The van der Waals surface area contributed by atoms with Gasteiger partial charge in [0.15, 0.2) is 0 Å². The maximum absolute atomic E-state index is 12.2. The van der Waals surface area contributed by atoms with Crippen molar-refractivity contribution in [3.8, 4) is 11.8 Å². The van der Waals surface area contributed by atoms with Gasteiger partial charge in [0, 0.05) is 28.9 Å². The molecule has 0 heterocycles. The summed E-state index contributed by atoms with van der Waals surface area (Å²) in [6.07, 6.45) is 0.161. The molecule has 0 aliphatic heterocycles. The SMILES string of the molecule is CCC(=O)NC(=O)CN(CC(=O)O)c1cc(C)c(C#CCNc2ccc(C(=N)N)cc2)cc1C. The van der Waals surface area contributed by atoms with Gasteiger partial charge in [0.25, 0.3) is 0 Å². The summed E-state index contributed by atoms with van der Waals surface area (Å²) in [4.78, 5) is 36.4. The largest absolute Gasteiger partial charge is 0.480 e. The summed E-state index contributed by atoms with van der Waals surface area (Å²) in [5, 5.41) is 22.1. The van der Waals surface area contributed by atoms with Gasteiger partial charge in [-0.1, -0.05) is 18.8 Å². The fraction of sp³-hybridized carbons (Fsp3) is 0.280. The van der Waals surface area contributed by atoms with Crippen LogP contribution < -0.4 is 21.3 Å². The third-order valence-corrected chi connectivity index (χ3v) is 4.94. The van der Waals surface area contributed by atoms with E-state index >= 15 is 0 Å². The van der Waals surface area contributed by atoms with E-state index in [9.17, 15) is 19.5 Å². The Morgan fingerprint density at radius 1 is 1.06 bits per heavy atom. The number of carbonyl (C=O) groups excluding carboxylic acids is 2. The minimum atomic E-state index is -1.09. The third kappa shape index (κ3) is 7.67. The van der Waals surface area contributed by atoms with E-state index in [-0.39, 0.29) is 25.3 Å². The second-order valence-electron chi connectivity index (χ2n) is 7.67. The van der Waals surface area contributed by atoms with E-state index < -0.39 is 17.8 Å². The molecule has 2 aromatic carbocycles. The van der Waals surface area contributed by atoms with Gasteiger partial charge in [0.1, 0.15) is 12.4 Å². The molecule has 0 aliphatic carbocycles. The van der Waals surface area contributed by atoms with Crippen molar-refractivity contribution >= 4 is 35.0 Å². The number of nitrogens with two attached hydrogens (primary N) is 1. The van der Waals surface area contributed by atoms with Crippen molar-refractivity contribution in [1.82, 2.24) is 5.32 Å². The van der Waals surface area contributed by atoms with Crippen molar-refractivity contribution in [2.45, 2.75) is 27.2 Å². The lowest BCUT2D eigenvalue weighted by molar-refractivity contribution is -0.135. The summed E-state index contributed by atoms with van der Waals surface area (Å²) in [5.74, 6) is 4.12. The summed E-state index contributed by atoms with van der Waals surface area (Å²) >= 11 is 0. The van der Waals surface area contributed by atoms with Crippen molar-refractivity contribution in [3.05, 3.63) is 58.7 Å². The normalized spacial score (nSPS) is 9.97. The maximum Gasteiger partial charge on any atom is 0.323 e. The Balaban J connectivity index is 2.14. The van der Waals surface area contributed by atoms with E-state index in [1.165, 1.54) is 4.90 Å². The van der Waals surface area contributed by atoms with E-state index in [1.807, 2.05) is 32.0 Å². The van der Waals surface area contributed by atoms with Gasteiger partial charge >= 0.3 is 5.97 Å². The number of imide groups is 1. The minimum Gasteiger partial charge on any atom is -0.480 e. The second kappa shape index (κ2) is 12.1. The fourth-order valence-corrected chi connectivity index (χ4v) is 3.18. The first-order valence-electron chi connectivity index (χ1n) is 10.7. The van der Waals surface area contributed by atoms with Crippen LogP contribution in [0.4, 0.5) is 11.4 Å². The van der Waals surface area contributed by atoms with Gasteiger partial charge < -0.3 is 21.1 Å². The van der Waals surface area contributed by atoms with Gasteiger partial charge in [-0.05, 0) is 61.4 Å². The molecular formula is C25H29N5O4. The van der Waals surface area contributed by atoms with Crippen molar-refractivity contribution in [3.63, 3.8) is 0 Å². The molecule has 0 bridgehead atoms. The number of anilines is 2. The number of aliphatic carboxylic acids is 1. The highest BCUT2D eigenvalue weighted by molar-refractivity contribution is 5.97. The van der Waals surface area contributed by atoms with Gasteiger partial charge in [-0.2, -0.15) is 0 Å². The number of hydrogen-bond acceptors (Lipinski definition) is 6. The lowest BCUT2D eigenvalue weighted by Crippen LogP contribution is -2.42. The number of carboxylic acid groups (broad SMARTS) is 1. The highest BCUT2D eigenvalue weighted by Gasteiger charge is 2.18. The topological polar surface area (TPSA) is 149 Å². The zero-order valence-corrected chi connectivity index (χ0v) is 19.5. The van der Waals surface area contributed by atoms with E-state index in [0.717, 1.165) is 22.4 Å². The molecule has 0 saturated heterocycles. The monoisotopic (exact) mass is 463 g/mol. The van der Waals surface area contributed by atoms with Crippen molar-refractivity contribution < 1.29 is 19.5 Å². The molecule has 0 radical (unpaired) electrons. The van der Waals surface area contributed by atoms with Crippen LogP contribution >= 0.6 is 0 Å². The van der Waals surface area contributed by atoms with Crippen LogP contribution in [0.25, 0.3) is 0 Å². The number of amidine groups is 1. The quantitative estimate of drug-likeness (QED) is 0.217. The molecule has 34 heavy (non-hydrogen) atoms. The zero-order valence-electron chi connectivity index (χ0n) is 19.5. The van der Waals surface area contributed by atoms with E-state index in [4.69, 9.17) is 11.1 Å². The van der Waals surface area contributed by atoms with Gasteiger partial charge in [-0.25, -0.2) is 0 Å². The highest BCUT2D eigenvalue weighted by Crippen LogP contribution is 2.24. The standard InChI is InChI=1S/C25H29N5O4/c1-4-22(31)29-23(32)14-30(15-24(33)34)21-13-16(2)19(12-17(21)3)6-5-11-28-20-9-7-18(8-10-20)25(26)27/h7-10,12-13,28H,4,11,14-15H2,1-3H3,(H3,26,27)(H,33,34)(H,29,31,32). The zero-order chi connectivity index (χ0) is 25.3. The Morgan fingerprint density at radius 2 is 1.74 bits per heavy atom. The molecule has 0 aromatic heterocycles. The Morgan fingerprint density at radius 3 is 2.32 bits per heavy atom. The molecule has 0 aliphatic rings. The minimum absolute atomic E-state index is 0.0117. The summed E-state index contributed by atoms with van der Waals surface area (Å²) in [6, 6.07) is 10.8. The predicted octanol–water partition coefficient (Wildman–Crippen LogP) is 1.99. The average Bonchev–Trinajstić information content (AvgIpc) is 2.78. The number of benzene rings is 2. The van der Waals surface area contributed by atoms with Gasteiger partial charge in [0.2, 0.25) is 11.8 Å². The lowest BCUT2D eigenvalue weighted by atomic mass is 10.0. The maximum atomic E-state index is 12.2. The van der Waals surface area contributed by atoms with Crippen LogP contribution in [0.2, 0.25) is 0 Å². The van der Waals surface area contributed by atoms with E-state index in [2.05, 4.69) is 22.5 Å². The third-order valence-electron chi connectivity index (χ3n) is 4.94. The van der Waals surface area contributed by atoms with Crippen LogP contribution in [-0.2, 0) is 14.4 Å². The Kier molecular flexibility index (Phi) is 9.20. The number of carboxylic acids is 1. The fourth-order valence-electron chi connectivity index (χ4n) is 3.18. The summed E-state index contributed by atoms with van der Waals surface area (Å²) in [7, 11) is 0. The summed E-state index contributed by atoms with van der Waals surface area (Å²) < 4.78 is 0. The molecule has 0 spiro atoms. The number of aryl methyl sites for hydroxylation is 2. The van der Waals surface area contributed by atoms with Crippen LogP contribution in [0.15, 0.2) is 36.4 Å². The van der Waals surface area contributed by atoms with Crippen LogP contribution in [0.3, 0.4) is 0 Å². The number of nitrogens with one attached hydrogen (secondary N) is 3.